The summed E-state index contributed by atoms with van der Waals surface area (Å²) in [6.45, 7) is 1.68. The SMILES string of the molecule is COc1ccc(S(N)(=O)=O)cc1NC(=O)c1sc(NC(=O)c2cccc(F)c2)cc1C. The molecule has 0 radical (unpaired) electrons. The van der Waals surface area contributed by atoms with Gasteiger partial charge in [-0.05, 0) is 55.0 Å². The molecular formula is C20H18FN3O5S2. The number of primary sulfonamides is 1. The van der Waals surface area contributed by atoms with Crippen LogP contribution >= 0.6 is 11.3 Å². The van der Waals surface area contributed by atoms with Gasteiger partial charge in [-0.3, -0.25) is 9.59 Å². The Balaban J connectivity index is 1.82. The molecule has 31 heavy (non-hydrogen) atoms. The third-order valence-corrected chi connectivity index (χ3v) is 6.26. The Hall–Kier alpha value is -3.28. The van der Waals surface area contributed by atoms with Gasteiger partial charge in [-0.1, -0.05) is 6.07 Å². The molecule has 0 atom stereocenters. The number of nitrogens with one attached hydrogen (secondary N) is 2. The van der Waals surface area contributed by atoms with E-state index in [1.54, 1.807) is 13.0 Å². The van der Waals surface area contributed by atoms with E-state index in [0.717, 1.165) is 17.4 Å². The minimum absolute atomic E-state index is 0.122. The molecule has 0 saturated heterocycles. The van der Waals surface area contributed by atoms with Crippen molar-refractivity contribution in [3.8, 4) is 5.75 Å². The summed E-state index contributed by atoms with van der Waals surface area (Å²) in [7, 11) is -2.60. The lowest BCUT2D eigenvalue weighted by Crippen LogP contribution is -2.15. The van der Waals surface area contributed by atoms with E-state index in [2.05, 4.69) is 10.6 Å². The number of methoxy groups -OCH3 is 1. The predicted octanol–water partition coefficient (Wildman–Crippen LogP) is 3.36. The molecule has 3 aromatic rings. The van der Waals surface area contributed by atoms with Crippen LogP contribution in [0.1, 0.15) is 25.6 Å². The van der Waals surface area contributed by atoms with Crippen LogP contribution in [-0.2, 0) is 10.0 Å². The summed E-state index contributed by atoms with van der Waals surface area (Å²) in [4.78, 5) is 25.2. The summed E-state index contributed by atoms with van der Waals surface area (Å²) >= 11 is 1.02. The number of amides is 2. The normalized spacial score (nSPS) is 11.1. The number of sulfonamides is 1. The maximum absolute atomic E-state index is 13.3. The van der Waals surface area contributed by atoms with Crippen LogP contribution in [0.15, 0.2) is 53.4 Å². The molecular weight excluding hydrogens is 445 g/mol. The van der Waals surface area contributed by atoms with E-state index in [9.17, 15) is 22.4 Å². The molecule has 0 bridgehead atoms. The molecule has 1 aromatic heterocycles. The van der Waals surface area contributed by atoms with Crippen molar-refractivity contribution in [2.24, 2.45) is 5.14 Å². The lowest BCUT2D eigenvalue weighted by Gasteiger charge is -2.11. The van der Waals surface area contributed by atoms with Gasteiger partial charge >= 0.3 is 0 Å². The van der Waals surface area contributed by atoms with Crippen LogP contribution in [0, 0.1) is 12.7 Å². The van der Waals surface area contributed by atoms with E-state index < -0.39 is 27.7 Å². The zero-order valence-corrected chi connectivity index (χ0v) is 18.1. The van der Waals surface area contributed by atoms with E-state index in [4.69, 9.17) is 9.88 Å². The van der Waals surface area contributed by atoms with Crippen molar-refractivity contribution in [3.05, 3.63) is 70.4 Å². The smallest absolute Gasteiger partial charge is 0.266 e. The molecule has 2 aromatic carbocycles. The van der Waals surface area contributed by atoms with Crippen molar-refractivity contribution in [1.82, 2.24) is 0 Å². The van der Waals surface area contributed by atoms with Crippen LogP contribution in [0.3, 0.4) is 0 Å². The van der Waals surface area contributed by atoms with Gasteiger partial charge in [-0.2, -0.15) is 0 Å². The van der Waals surface area contributed by atoms with Crippen molar-refractivity contribution >= 4 is 43.9 Å². The second-order valence-electron chi connectivity index (χ2n) is 6.45. The van der Waals surface area contributed by atoms with E-state index >= 15 is 0 Å². The van der Waals surface area contributed by atoms with Crippen molar-refractivity contribution in [2.45, 2.75) is 11.8 Å². The van der Waals surface area contributed by atoms with Gasteiger partial charge in [0.15, 0.2) is 0 Å². The number of carbonyl (C=O) groups excluding carboxylic acids is 2. The maximum atomic E-state index is 13.3. The Kier molecular flexibility index (Phi) is 6.39. The molecule has 11 heteroatoms. The van der Waals surface area contributed by atoms with Gasteiger partial charge in [-0.15, -0.1) is 11.3 Å². The van der Waals surface area contributed by atoms with Gasteiger partial charge in [0.1, 0.15) is 11.6 Å². The Morgan fingerprint density at radius 1 is 1.06 bits per heavy atom. The molecule has 0 fully saturated rings. The topological polar surface area (TPSA) is 128 Å². The average Bonchev–Trinajstić information content (AvgIpc) is 3.07. The Labute approximate surface area is 181 Å². The zero-order valence-electron chi connectivity index (χ0n) is 16.4. The van der Waals surface area contributed by atoms with E-state index in [0.29, 0.717) is 10.6 Å². The van der Waals surface area contributed by atoms with Crippen LogP contribution in [0.2, 0.25) is 0 Å². The van der Waals surface area contributed by atoms with Crippen molar-refractivity contribution in [1.29, 1.82) is 0 Å². The number of hydrogen-bond donors (Lipinski definition) is 3. The first-order chi connectivity index (χ1) is 14.6. The molecule has 3 rings (SSSR count). The van der Waals surface area contributed by atoms with Gasteiger partial charge in [0, 0.05) is 5.56 Å². The van der Waals surface area contributed by atoms with Crippen LogP contribution in [0.25, 0.3) is 0 Å². The standard InChI is InChI=1S/C20H18FN3O5S2/c1-11-8-17(24-19(25)12-4-3-5-13(21)9-12)30-18(11)20(26)23-15-10-14(31(22,27)28)6-7-16(15)29-2/h3-10H,1-2H3,(H,23,26)(H,24,25)(H2,22,27,28). The number of halogens is 1. The molecule has 8 nitrogen and oxygen atoms in total. The minimum atomic E-state index is -3.98. The molecule has 162 valence electrons. The van der Waals surface area contributed by atoms with Gasteiger partial charge in [-0.25, -0.2) is 17.9 Å². The van der Waals surface area contributed by atoms with Crippen molar-refractivity contribution < 1.29 is 27.1 Å². The first kappa shape index (κ1) is 22.4. The summed E-state index contributed by atoms with van der Waals surface area (Å²) in [6, 6.07) is 10.7. The zero-order chi connectivity index (χ0) is 22.8. The molecule has 4 N–H and O–H groups in total. The molecule has 0 spiro atoms. The lowest BCUT2D eigenvalue weighted by molar-refractivity contribution is 0.101. The summed E-state index contributed by atoms with van der Waals surface area (Å²) in [5, 5.41) is 10.8. The third kappa shape index (κ3) is 5.26. The number of rotatable bonds is 6. The number of aryl methyl sites for hydroxylation is 1. The highest BCUT2D eigenvalue weighted by atomic mass is 32.2. The first-order valence-corrected chi connectivity index (χ1v) is 11.1. The maximum Gasteiger partial charge on any atom is 0.266 e. The van der Waals surface area contributed by atoms with Crippen LogP contribution in [0.5, 0.6) is 5.75 Å². The fourth-order valence-electron chi connectivity index (χ4n) is 2.72. The molecule has 0 aliphatic heterocycles. The number of nitrogens with two attached hydrogens (primary N) is 1. The largest absolute Gasteiger partial charge is 0.495 e. The molecule has 1 heterocycles. The molecule has 0 aliphatic carbocycles. The molecule has 0 aliphatic rings. The monoisotopic (exact) mass is 463 g/mol. The second-order valence-corrected chi connectivity index (χ2v) is 9.06. The second kappa shape index (κ2) is 8.84. The highest BCUT2D eigenvalue weighted by Gasteiger charge is 2.19. The van der Waals surface area contributed by atoms with Crippen LogP contribution in [-0.4, -0.2) is 27.3 Å². The van der Waals surface area contributed by atoms with Gasteiger partial charge < -0.3 is 15.4 Å². The Morgan fingerprint density at radius 3 is 2.45 bits per heavy atom. The van der Waals surface area contributed by atoms with Crippen LogP contribution < -0.4 is 20.5 Å². The van der Waals surface area contributed by atoms with Gasteiger partial charge in [0.05, 0.1) is 27.6 Å². The summed E-state index contributed by atoms with van der Waals surface area (Å²) < 4.78 is 41.7. The first-order valence-electron chi connectivity index (χ1n) is 8.78. The number of ether oxygens (including phenoxy) is 1. The van der Waals surface area contributed by atoms with Gasteiger partial charge in [0.2, 0.25) is 10.0 Å². The molecule has 0 unspecified atom stereocenters. The number of hydrogen-bond acceptors (Lipinski definition) is 6. The highest BCUT2D eigenvalue weighted by Crippen LogP contribution is 2.31. The van der Waals surface area contributed by atoms with E-state index in [1.807, 2.05) is 0 Å². The third-order valence-electron chi connectivity index (χ3n) is 4.20. The van der Waals surface area contributed by atoms with Crippen LogP contribution in [0.4, 0.5) is 15.1 Å². The van der Waals surface area contributed by atoms with E-state index in [-0.39, 0.29) is 26.8 Å². The number of thiophene rings is 1. The Bertz CT molecular complexity index is 1270. The van der Waals surface area contributed by atoms with Gasteiger partial charge in [0.25, 0.3) is 11.8 Å². The Morgan fingerprint density at radius 2 is 1.81 bits per heavy atom. The molecule has 2 amide bonds. The fraction of sp³-hybridized carbons (Fsp3) is 0.100. The summed E-state index contributed by atoms with van der Waals surface area (Å²) in [5.74, 6) is -1.34. The van der Waals surface area contributed by atoms with E-state index in [1.165, 1.54) is 43.5 Å². The van der Waals surface area contributed by atoms with Crippen molar-refractivity contribution in [2.75, 3.05) is 17.7 Å². The number of anilines is 2. The molecule has 0 saturated carbocycles. The minimum Gasteiger partial charge on any atom is -0.495 e. The fourth-order valence-corrected chi connectivity index (χ4v) is 4.23. The summed E-state index contributed by atoms with van der Waals surface area (Å²) in [5.41, 5.74) is 0.845. The van der Waals surface area contributed by atoms with Crippen molar-refractivity contribution in [3.63, 3.8) is 0 Å². The predicted molar refractivity (Wildman–Crippen MR) is 116 cm³/mol. The average molecular weight is 464 g/mol. The highest BCUT2D eigenvalue weighted by molar-refractivity contribution is 7.89. The quantitative estimate of drug-likeness (QED) is 0.517. The number of carbonyl (C=O) groups is 2. The number of benzene rings is 2. The lowest BCUT2D eigenvalue weighted by atomic mass is 10.2. The summed E-state index contributed by atoms with van der Waals surface area (Å²) in [6.07, 6.45) is 0.